The van der Waals surface area contributed by atoms with E-state index in [2.05, 4.69) is 30.8 Å². The second-order valence-corrected chi connectivity index (χ2v) is 9.28. The van der Waals surface area contributed by atoms with Crippen LogP contribution in [-0.2, 0) is 0 Å². The van der Waals surface area contributed by atoms with E-state index in [-0.39, 0.29) is 13.2 Å². The lowest BCUT2D eigenvalue weighted by Gasteiger charge is -2.27. The minimum Gasteiger partial charge on any atom is -0.396 e. The highest BCUT2D eigenvalue weighted by Gasteiger charge is 2.27. The summed E-state index contributed by atoms with van der Waals surface area (Å²) in [6.07, 6.45) is 1.76. The average Bonchev–Trinajstić information content (AvgIpc) is 2.35. The number of aliphatic hydroxyl groups excluding tert-OH is 2. The van der Waals surface area contributed by atoms with Crippen molar-refractivity contribution in [1.82, 2.24) is 0 Å². The van der Waals surface area contributed by atoms with Crippen LogP contribution in [0.1, 0.15) is 12.8 Å². The lowest BCUT2D eigenvalue weighted by atomic mass is 10.4. The molecule has 0 radical (unpaired) electrons. The van der Waals surface area contributed by atoms with E-state index in [9.17, 15) is 0 Å². The Bertz CT molecular complexity index is 279. The maximum Gasteiger partial charge on any atom is 0.0838 e. The Morgan fingerprint density at radius 3 is 1.88 bits per heavy atom. The zero-order chi connectivity index (χ0) is 11.9. The summed E-state index contributed by atoms with van der Waals surface area (Å²) >= 11 is 0. The summed E-state index contributed by atoms with van der Waals surface area (Å²) in [6.45, 7) is 2.90. The highest BCUT2D eigenvalue weighted by molar-refractivity contribution is 6.90. The van der Waals surface area contributed by atoms with Gasteiger partial charge < -0.3 is 10.2 Å². The third-order valence-electron chi connectivity index (χ3n) is 3.24. The number of hydrogen-bond donors (Lipinski definition) is 2. The first-order valence-electron chi connectivity index (χ1n) is 6.00. The minimum absolute atomic E-state index is 0.272. The highest BCUT2D eigenvalue weighted by atomic mass is 28.3. The van der Waals surface area contributed by atoms with Crippen LogP contribution in [0.15, 0.2) is 30.3 Å². The zero-order valence-corrected chi connectivity index (χ0v) is 11.0. The largest absolute Gasteiger partial charge is 0.396 e. The van der Waals surface area contributed by atoms with Crippen molar-refractivity contribution in [2.24, 2.45) is 0 Å². The molecule has 1 aromatic carbocycles. The van der Waals surface area contributed by atoms with Crippen molar-refractivity contribution in [3.8, 4) is 0 Å². The molecule has 0 heterocycles. The first kappa shape index (κ1) is 13.4. The van der Waals surface area contributed by atoms with Crippen LogP contribution in [0.5, 0.6) is 0 Å². The summed E-state index contributed by atoms with van der Waals surface area (Å²) in [6, 6.07) is 12.8. The number of aliphatic hydroxyl groups is 2. The molecule has 16 heavy (non-hydrogen) atoms. The van der Waals surface area contributed by atoms with Gasteiger partial charge in [-0.05, 0) is 12.8 Å². The van der Waals surface area contributed by atoms with Crippen LogP contribution < -0.4 is 5.19 Å². The molecule has 90 valence electrons. The summed E-state index contributed by atoms with van der Waals surface area (Å²) in [5, 5.41) is 19.4. The van der Waals surface area contributed by atoms with Crippen molar-refractivity contribution in [3.05, 3.63) is 30.3 Å². The lowest BCUT2D eigenvalue weighted by Crippen LogP contribution is -2.44. The molecule has 0 saturated carbocycles. The van der Waals surface area contributed by atoms with E-state index in [0.717, 1.165) is 24.9 Å². The van der Waals surface area contributed by atoms with E-state index in [4.69, 9.17) is 10.2 Å². The Morgan fingerprint density at radius 2 is 1.44 bits per heavy atom. The predicted molar refractivity (Wildman–Crippen MR) is 70.7 cm³/mol. The fraction of sp³-hybridized carbons (Fsp3) is 0.538. The standard InChI is InChI=1S/C13H22O2Si/c1-16(11-5-9-14,12-6-10-15)13-7-3-2-4-8-13/h2-4,7-8,14-15H,5-6,9-12H2,1H3. The summed E-state index contributed by atoms with van der Waals surface area (Å²) in [5.41, 5.74) is 0. The van der Waals surface area contributed by atoms with E-state index in [0.29, 0.717) is 0 Å². The number of hydrogen-bond acceptors (Lipinski definition) is 2. The van der Waals surface area contributed by atoms with Gasteiger partial charge in [0.15, 0.2) is 0 Å². The molecule has 0 aliphatic rings. The van der Waals surface area contributed by atoms with E-state index in [1.54, 1.807) is 0 Å². The van der Waals surface area contributed by atoms with Crippen molar-refractivity contribution in [1.29, 1.82) is 0 Å². The Morgan fingerprint density at radius 1 is 0.938 bits per heavy atom. The molecule has 0 amide bonds. The molecule has 1 aromatic rings. The Labute approximate surface area is 99.0 Å². The Balaban J connectivity index is 2.77. The first-order chi connectivity index (χ1) is 7.73. The fourth-order valence-electron chi connectivity index (χ4n) is 2.19. The van der Waals surface area contributed by atoms with Gasteiger partial charge in [0.05, 0.1) is 8.07 Å². The molecule has 0 aromatic heterocycles. The molecule has 0 saturated heterocycles. The van der Waals surface area contributed by atoms with Crippen LogP contribution >= 0.6 is 0 Å². The highest BCUT2D eigenvalue weighted by Crippen LogP contribution is 2.19. The fourth-order valence-corrected chi connectivity index (χ4v) is 5.89. The maximum absolute atomic E-state index is 8.97. The lowest BCUT2D eigenvalue weighted by molar-refractivity contribution is 0.292. The van der Waals surface area contributed by atoms with Crippen LogP contribution in [0.25, 0.3) is 0 Å². The minimum atomic E-state index is -1.49. The molecule has 1 rings (SSSR count). The quantitative estimate of drug-likeness (QED) is 0.710. The van der Waals surface area contributed by atoms with Crippen LogP contribution in [0.3, 0.4) is 0 Å². The summed E-state index contributed by atoms with van der Waals surface area (Å²) in [4.78, 5) is 0. The molecule has 0 aliphatic carbocycles. The molecule has 0 bridgehead atoms. The first-order valence-corrected chi connectivity index (χ1v) is 8.91. The molecule has 2 nitrogen and oxygen atoms in total. The Kier molecular flexibility index (Phi) is 5.73. The van der Waals surface area contributed by atoms with Gasteiger partial charge in [0.2, 0.25) is 0 Å². The van der Waals surface area contributed by atoms with Crippen molar-refractivity contribution in [2.45, 2.75) is 31.5 Å². The Hall–Kier alpha value is -0.643. The molecular formula is C13H22O2Si. The number of rotatable bonds is 7. The van der Waals surface area contributed by atoms with Gasteiger partial charge in [0, 0.05) is 13.2 Å². The van der Waals surface area contributed by atoms with Gasteiger partial charge >= 0.3 is 0 Å². The third kappa shape index (κ3) is 3.74. The van der Waals surface area contributed by atoms with Gasteiger partial charge in [0.1, 0.15) is 0 Å². The summed E-state index contributed by atoms with van der Waals surface area (Å²) in [5.74, 6) is 0. The average molecular weight is 238 g/mol. The maximum atomic E-state index is 8.97. The van der Waals surface area contributed by atoms with Gasteiger partial charge in [-0.25, -0.2) is 0 Å². The van der Waals surface area contributed by atoms with E-state index < -0.39 is 8.07 Å². The molecule has 0 unspecified atom stereocenters. The molecular weight excluding hydrogens is 216 g/mol. The van der Waals surface area contributed by atoms with Gasteiger partial charge in [-0.2, -0.15) is 0 Å². The van der Waals surface area contributed by atoms with Gasteiger partial charge in [-0.15, -0.1) is 0 Å². The van der Waals surface area contributed by atoms with Crippen molar-refractivity contribution >= 4 is 13.3 Å². The number of benzene rings is 1. The topological polar surface area (TPSA) is 40.5 Å². The monoisotopic (exact) mass is 238 g/mol. The van der Waals surface area contributed by atoms with Crippen LogP contribution in [0.4, 0.5) is 0 Å². The summed E-state index contributed by atoms with van der Waals surface area (Å²) < 4.78 is 0. The van der Waals surface area contributed by atoms with Crippen LogP contribution in [0, 0.1) is 0 Å². The SMILES string of the molecule is C[Si](CCCO)(CCCO)c1ccccc1. The van der Waals surface area contributed by atoms with Crippen molar-refractivity contribution < 1.29 is 10.2 Å². The predicted octanol–water partition coefficient (Wildman–Crippen LogP) is 1.74. The van der Waals surface area contributed by atoms with Crippen LogP contribution in [-0.4, -0.2) is 31.5 Å². The molecule has 0 spiro atoms. The smallest absolute Gasteiger partial charge is 0.0838 e. The molecule has 2 N–H and O–H groups in total. The second kappa shape index (κ2) is 6.84. The normalized spacial score (nSPS) is 11.7. The van der Waals surface area contributed by atoms with Crippen molar-refractivity contribution in [3.63, 3.8) is 0 Å². The van der Waals surface area contributed by atoms with Gasteiger partial charge in [0.25, 0.3) is 0 Å². The second-order valence-electron chi connectivity index (χ2n) is 4.58. The molecule has 0 aliphatic heterocycles. The summed E-state index contributed by atoms with van der Waals surface area (Å²) in [7, 11) is -1.49. The zero-order valence-electron chi connectivity index (χ0n) is 10.0. The van der Waals surface area contributed by atoms with E-state index in [1.807, 2.05) is 6.07 Å². The molecule has 0 atom stereocenters. The third-order valence-corrected chi connectivity index (χ3v) is 7.89. The van der Waals surface area contributed by atoms with E-state index in [1.165, 1.54) is 5.19 Å². The van der Waals surface area contributed by atoms with Crippen molar-refractivity contribution in [2.75, 3.05) is 13.2 Å². The van der Waals surface area contributed by atoms with E-state index >= 15 is 0 Å². The van der Waals surface area contributed by atoms with Gasteiger partial charge in [-0.3, -0.25) is 0 Å². The van der Waals surface area contributed by atoms with Crippen LogP contribution in [0.2, 0.25) is 18.6 Å². The molecule has 0 fully saturated rings. The van der Waals surface area contributed by atoms with Gasteiger partial charge in [-0.1, -0.05) is 54.2 Å². The molecule has 3 heteroatoms.